The van der Waals surface area contributed by atoms with Crippen molar-refractivity contribution in [2.45, 2.75) is 44.3 Å². The normalized spacial score (nSPS) is 16.1. The van der Waals surface area contributed by atoms with E-state index in [1.165, 1.54) is 0 Å². The Kier molecular flexibility index (Phi) is 5.56. The Labute approximate surface area is 138 Å². The van der Waals surface area contributed by atoms with Gasteiger partial charge in [-0.05, 0) is 25.1 Å². The quantitative estimate of drug-likeness (QED) is 0.438. The summed E-state index contributed by atoms with van der Waals surface area (Å²) in [6, 6.07) is -0.0750. The van der Waals surface area contributed by atoms with Crippen LogP contribution in [0.25, 0.3) is 0 Å². The average Bonchev–Trinajstić information content (AvgIpc) is 2.49. The summed E-state index contributed by atoms with van der Waals surface area (Å²) >= 11 is 4.81. The highest BCUT2D eigenvalue weighted by Gasteiger charge is 2.42. The summed E-state index contributed by atoms with van der Waals surface area (Å²) in [6.45, 7) is 0. The molecular weight excluding hydrogens is 361 g/mol. The molecule has 0 bridgehead atoms. The molecule has 1 fully saturated rings. The molecule has 0 saturated heterocycles. The van der Waals surface area contributed by atoms with Crippen LogP contribution in [0.2, 0.25) is 0 Å². The van der Waals surface area contributed by atoms with Crippen LogP contribution >= 0.6 is 12.2 Å². The number of anilines is 1. The van der Waals surface area contributed by atoms with Gasteiger partial charge in [0.05, 0.1) is 0 Å². The molecule has 1 aliphatic rings. The fraction of sp³-hybridized carbons (Fsp3) is 0.500. The third-order valence-corrected chi connectivity index (χ3v) is 3.95. The molecule has 0 radical (unpaired) electrons. The average molecular weight is 374 g/mol. The largest absolute Gasteiger partial charge is 0.422 e. The van der Waals surface area contributed by atoms with Crippen molar-refractivity contribution in [1.29, 1.82) is 0 Å². The van der Waals surface area contributed by atoms with E-state index >= 15 is 0 Å². The minimum Gasteiger partial charge on any atom is -0.360 e. The fourth-order valence-corrected chi connectivity index (χ4v) is 2.84. The third kappa shape index (κ3) is 3.90. The van der Waals surface area contributed by atoms with Crippen LogP contribution in [-0.2, 0) is 6.18 Å². The lowest BCUT2D eigenvalue weighted by Gasteiger charge is -2.24. The molecule has 0 unspecified atom stereocenters. The van der Waals surface area contributed by atoms with Gasteiger partial charge in [0, 0.05) is 6.04 Å². The predicted octanol–water partition coefficient (Wildman–Crippen LogP) is 4.88. The Hall–Kier alpha value is -1.58. The number of nitrogens with one attached hydrogen (secondary N) is 2. The molecule has 0 atom stereocenters. The number of halogens is 7. The SMILES string of the molecule is Fc1c(F)c(C(F)(F)F)c(F)c(F)c1NC(=S)NC1CCCCC1. The minimum atomic E-state index is -5.57. The van der Waals surface area contributed by atoms with E-state index in [4.69, 9.17) is 12.2 Å². The van der Waals surface area contributed by atoms with E-state index < -0.39 is 40.7 Å². The summed E-state index contributed by atoms with van der Waals surface area (Å²) in [4.78, 5) is 0. The first kappa shape index (κ1) is 18.8. The molecule has 0 spiro atoms. The second-order valence-electron chi connectivity index (χ2n) is 5.44. The van der Waals surface area contributed by atoms with Crippen molar-refractivity contribution in [2.24, 2.45) is 0 Å². The Bertz CT molecular complexity index is 610. The van der Waals surface area contributed by atoms with Crippen LogP contribution in [0.5, 0.6) is 0 Å². The van der Waals surface area contributed by atoms with Crippen molar-refractivity contribution in [3.63, 3.8) is 0 Å². The molecule has 1 saturated carbocycles. The molecule has 1 aromatic rings. The summed E-state index contributed by atoms with van der Waals surface area (Å²) in [5.74, 6) is -9.42. The van der Waals surface area contributed by atoms with Crippen LogP contribution in [0.1, 0.15) is 37.7 Å². The standard InChI is InChI=1S/C14H13F7N2S/c15-8-7(14(19,20)21)9(16)11(18)12(10(8)17)23-13(24)22-6-4-2-1-3-5-6/h6H,1-5H2,(H2,22,23,24). The van der Waals surface area contributed by atoms with E-state index in [0.717, 1.165) is 32.1 Å². The van der Waals surface area contributed by atoms with Crippen molar-refractivity contribution >= 4 is 23.0 Å². The van der Waals surface area contributed by atoms with Crippen LogP contribution in [0.4, 0.5) is 36.4 Å². The van der Waals surface area contributed by atoms with Gasteiger partial charge < -0.3 is 10.6 Å². The molecule has 0 heterocycles. The summed E-state index contributed by atoms with van der Waals surface area (Å²) in [5.41, 5.74) is -4.01. The van der Waals surface area contributed by atoms with Gasteiger partial charge in [0.15, 0.2) is 28.4 Å². The number of benzene rings is 1. The molecule has 2 rings (SSSR count). The van der Waals surface area contributed by atoms with Gasteiger partial charge in [-0.15, -0.1) is 0 Å². The van der Waals surface area contributed by atoms with Gasteiger partial charge in [0.2, 0.25) is 0 Å². The lowest BCUT2D eigenvalue weighted by atomic mass is 9.96. The molecule has 0 amide bonds. The summed E-state index contributed by atoms with van der Waals surface area (Å²) < 4.78 is 92.0. The van der Waals surface area contributed by atoms with Gasteiger partial charge in [-0.2, -0.15) is 13.2 Å². The smallest absolute Gasteiger partial charge is 0.360 e. The third-order valence-electron chi connectivity index (χ3n) is 3.73. The molecule has 24 heavy (non-hydrogen) atoms. The maximum absolute atomic E-state index is 13.7. The first-order chi connectivity index (χ1) is 11.1. The number of hydrogen-bond donors (Lipinski definition) is 2. The Morgan fingerprint density at radius 1 is 0.875 bits per heavy atom. The number of hydrogen-bond acceptors (Lipinski definition) is 1. The van der Waals surface area contributed by atoms with Crippen molar-refractivity contribution in [3.05, 3.63) is 28.8 Å². The Morgan fingerprint density at radius 3 is 1.83 bits per heavy atom. The van der Waals surface area contributed by atoms with Gasteiger partial charge in [0.25, 0.3) is 0 Å². The molecular formula is C14H13F7N2S. The van der Waals surface area contributed by atoms with Gasteiger partial charge in [-0.3, -0.25) is 0 Å². The molecule has 2 N–H and O–H groups in total. The predicted molar refractivity (Wildman–Crippen MR) is 77.5 cm³/mol. The summed E-state index contributed by atoms with van der Waals surface area (Å²) in [7, 11) is 0. The van der Waals surface area contributed by atoms with E-state index in [9.17, 15) is 30.7 Å². The highest BCUT2D eigenvalue weighted by atomic mass is 32.1. The first-order valence-electron chi connectivity index (χ1n) is 7.13. The highest BCUT2D eigenvalue weighted by Crippen LogP contribution is 2.38. The molecule has 2 nitrogen and oxygen atoms in total. The van der Waals surface area contributed by atoms with E-state index in [-0.39, 0.29) is 11.2 Å². The van der Waals surface area contributed by atoms with E-state index in [1.807, 2.05) is 5.32 Å². The minimum absolute atomic E-state index is 0.0750. The molecule has 1 aliphatic carbocycles. The van der Waals surface area contributed by atoms with E-state index in [1.54, 1.807) is 0 Å². The van der Waals surface area contributed by atoms with Crippen molar-refractivity contribution < 1.29 is 30.7 Å². The molecule has 0 aliphatic heterocycles. The van der Waals surface area contributed by atoms with Crippen LogP contribution in [0.15, 0.2) is 0 Å². The zero-order valence-corrected chi connectivity index (χ0v) is 13.0. The first-order valence-corrected chi connectivity index (χ1v) is 7.54. The summed E-state index contributed by atoms with van der Waals surface area (Å²) in [6.07, 6.45) is -1.18. The monoisotopic (exact) mass is 374 g/mol. The maximum atomic E-state index is 13.7. The lowest BCUT2D eigenvalue weighted by molar-refractivity contribution is -0.143. The second-order valence-corrected chi connectivity index (χ2v) is 5.85. The summed E-state index contributed by atoms with van der Waals surface area (Å²) in [5, 5.41) is 4.31. The van der Waals surface area contributed by atoms with Gasteiger partial charge in [0.1, 0.15) is 11.3 Å². The van der Waals surface area contributed by atoms with E-state index in [2.05, 4.69) is 5.32 Å². The van der Waals surface area contributed by atoms with Gasteiger partial charge in [-0.25, -0.2) is 17.6 Å². The van der Waals surface area contributed by atoms with Gasteiger partial charge >= 0.3 is 6.18 Å². The number of rotatable bonds is 2. The van der Waals surface area contributed by atoms with Crippen LogP contribution < -0.4 is 10.6 Å². The number of thiocarbonyl (C=S) groups is 1. The molecule has 0 aromatic heterocycles. The lowest BCUT2D eigenvalue weighted by Crippen LogP contribution is -2.39. The number of alkyl halides is 3. The fourth-order valence-electron chi connectivity index (χ4n) is 2.57. The van der Waals surface area contributed by atoms with Crippen LogP contribution in [-0.4, -0.2) is 11.2 Å². The van der Waals surface area contributed by atoms with Gasteiger partial charge in [-0.1, -0.05) is 19.3 Å². The second kappa shape index (κ2) is 7.12. The van der Waals surface area contributed by atoms with Crippen molar-refractivity contribution in [2.75, 3.05) is 5.32 Å². The zero-order valence-electron chi connectivity index (χ0n) is 12.2. The maximum Gasteiger partial charge on any atom is 0.422 e. The van der Waals surface area contributed by atoms with E-state index in [0.29, 0.717) is 0 Å². The van der Waals surface area contributed by atoms with Crippen molar-refractivity contribution in [3.8, 4) is 0 Å². The Balaban J connectivity index is 2.26. The highest BCUT2D eigenvalue weighted by molar-refractivity contribution is 7.80. The molecule has 134 valence electrons. The topological polar surface area (TPSA) is 24.1 Å². The van der Waals surface area contributed by atoms with Crippen molar-refractivity contribution in [1.82, 2.24) is 5.32 Å². The molecule has 1 aromatic carbocycles. The molecule has 10 heteroatoms. The zero-order chi connectivity index (χ0) is 18.1. The Morgan fingerprint density at radius 2 is 1.38 bits per heavy atom. The van der Waals surface area contributed by atoms with Crippen LogP contribution in [0, 0.1) is 23.3 Å². The van der Waals surface area contributed by atoms with Crippen LogP contribution in [0.3, 0.4) is 0 Å².